The Morgan fingerprint density at radius 1 is 1.20 bits per heavy atom. The molecule has 0 fully saturated rings. The van der Waals surface area contributed by atoms with Crippen molar-refractivity contribution in [3.8, 4) is 5.75 Å². The number of alkyl halides is 3. The zero-order valence-corrected chi connectivity index (χ0v) is 8.43. The Morgan fingerprint density at radius 2 is 1.73 bits per heavy atom. The van der Waals surface area contributed by atoms with Crippen LogP contribution in [0.1, 0.15) is 18.5 Å². The molecule has 0 amide bonds. The number of nitrogens with one attached hydrogen (secondary N) is 1. The van der Waals surface area contributed by atoms with Crippen LogP contribution in [0.2, 0.25) is 0 Å². The molecule has 15 heavy (non-hydrogen) atoms. The molecule has 0 heterocycles. The lowest BCUT2D eigenvalue weighted by Gasteiger charge is -2.12. The number of rotatable bonds is 3. The first-order valence-electron chi connectivity index (χ1n) is 4.45. The van der Waals surface area contributed by atoms with Crippen LogP contribution in [-0.4, -0.2) is 13.4 Å². The van der Waals surface area contributed by atoms with Crippen LogP contribution in [-0.2, 0) is 0 Å². The van der Waals surface area contributed by atoms with Crippen LogP contribution in [0.5, 0.6) is 5.75 Å². The second-order valence-electron chi connectivity index (χ2n) is 3.13. The second-order valence-corrected chi connectivity index (χ2v) is 3.13. The van der Waals surface area contributed by atoms with E-state index in [1.807, 2.05) is 6.92 Å². The molecule has 0 saturated carbocycles. The van der Waals surface area contributed by atoms with Gasteiger partial charge in [0, 0.05) is 6.04 Å². The molecular weight excluding hydrogens is 207 g/mol. The maximum Gasteiger partial charge on any atom is 0.573 e. The van der Waals surface area contributed by atoms with Crippen molar-refractivity contribution in [2.75, 3.05) is 7.05 Å². The third-order valence-electron chi connectivity index (χ3n) is 2.05. The van der Waals surface area contributed by atoms with Crippen molar-refractivity contribution >= 4 is 0 Å². The molecule has 5 heteroatoms. The molecule has 0 aromatic heterocycles. The van der Waals surface area contributed by atoms with E-state index in [1.54, 1.807) is 19.2 Å². The molecule has 1 atom stereocenters. The average molecular weight is 219 g/mol. The zero-order valence-electron chi connectivity index (χ0n) is 8.43. The lowest BCUT2D eigenvalue weighted by atomic mass is 10.1. The Bertz CT molecular complexity index is 307. The number of benzene rings is 1. The molecule has 0 spiro atoms. The molecule has 0 unspecified atom stereocenters. The first kappa shape index (κ1) is 11.8. The van der Waals surface area contributed by atoms with Gasteiger partial charge in [0.2, 0.25) is 0 Å². The van der Waals surface area contributed by atoms with E-state index in [0.717, 1.165) is 5.56 Å². The highest BCUT2D eigenvalue weighted by atomic mass is 19.4. The summed E-state index contributed by atoms with van der Waals surface area (Å²) in [6.07, 6.45) is -4.63. The fraction of sp³-hybridized carbons (Fsp3) is 0.400. The highest BCUT2D eigenvalue weighted by molar-refractivity contribution is 5.28. The monoisotopic (exact) mass is 219 g/mol. The first-order valence-corrected chi connectivity index (χ1v) is 4.45. The molecule has 0 aliphatic heterocycles. The highest BCUT2D eigenvalue weighted by Crippen LogP contribution is 2.24. The molecule has 1 aromatic carbocycles. The fourth-order valence-electron chi connectivity index (χ4n) is 1.12. The Labute approximate surface area is 86.1 Å². The van der Waals surface area contributed by atoms with Crippen LogP contribution in [0.15, 0.2) is 24.3 Å². The summed E-state index contributed by atoms with van der Waals surface area (Å²) in [4.78, 5) is 0. The van der Waals surface area contributed by atoms with Crippen molar-refractivity contribution < 1.29 is 17.9 Å². The van der Waals surface area contributed by atoms with Crippen LogP contribution in [0, 0.1) is 0 Å². The standard InChI is InChI=1S/C10H12F3NO/c1-7(14-2)8-3-5-9(6-4-8)15-10(11,12)13/h3-7,14H,1-2H3/t7-/m1/s1. The van der Waals surface area contributed by atoms with E-state index < -0.39 is 6.36 Å². The van der Waals surface area contributed by atoms with Gasteiger partial charge in [0.15, 0.2) is 0 Å². The summed E-state index contributed by atoms with van der Waals surface area (Å²) in [5, 5.41) is 2.99. The van der Waals surface area contributed by atoms with E-state index in [1.165, 1.54) is 12.1 Å². The summed E-state index contributed by atoms with van der Waals surface area (Å²) < 4.78 is 39.2. The lowest BCUT2D eigenvalue weighted by Crippen LogP contribution is -2.17. The van der Waals surface area contributed by atoms with Gasteiger partial charge in [-0.3, -0.25) is 0 Å². The van der Waals surface area contributed by atoms with Crippen LogP contribution in [0.4, 0.5) is 13.2 Å². The average Bonchev–Trinajstić information content (AvgIpc) is 2.15. The van der Waals surface area contributed by atoms with Gasteiger partial charge in [-0.1, -0.05) is 12.1 Å². The summed E-state index contributed by atoms with van der Waals surface area (Å²) in [5.41, 5.74) is 0.909. The molecule has 0 aliphatic rings. The van der Waals surface area contributed by atoms with Crippen molar-refractivity contribution in [1.29, 1.82) is 0 Å². The quantitative estimate of drug-likeness (QED) is 0.844. The number of hydrogen-bond donors (Lipinski definition) is 1. The Kier molecular flexibility index (Phi) is 3.57. The molecule has 0 radical (unpaired) electrons. The third kappa shape index (κ3) is 3.79. The zero-order chi connectivity index (χ0) is 11.5. The summed E-state index contributed by atoms with van der Waals surface area (Å²) in [6, 6.07) is 5.91. The summed E-state index contributed by atoms with van der Waals surface area (Å²) in [6.45, 7) is 1.92. The molecule has 1 N–H and O–H groups in total. The number of hydrogen-bond acceptors (Lipinski definition) is 2. The summed E-state index contributed by atoms with van der Waals surface area (Å²) >= 11 is 0. The molecule has 0 aliphatic carbocycles. The van der Waals surface area contributed by atoms with E-state index in [4.69, 9.17) is 0 Å². The fourth-order valence-corrected chi connectivity index (χ4v) is 1.12. The molecule has 84 valence electrons. The van der Waals surface area contributed by atoms with Crippen LogP contribution >= 0.6 is 0 Å². The smallest absolute Gasteiger partial charge is 0.406 e. The van der Waals surface area contributed by atoms with Gasteiger partial charge in [0.05, 0.1) is 0 Å². The Balaban J connectivity index is 2.72. The van der Waals surface area contributed by atoms with Crippen molar-refractivity contribution in [3.63, 3.8) is 0 Å². The van der Waals surface area contributed by atoms with Gasteiger partial charge >= 0.3 is 6.36 Å². The molecule has 0 bridgehead atoms. The Morgan fingerprint density at radius 3 is 2.13 bits per heavy atom. The van der Waals surface area contributed by atoms with Crippen molar-refractivity contribution in [1.82, 2.24) is 5.32 Å². The van der Waals surface area contributed by atoms with Crippen LogP contribution < -0.4 is 10.1 Å². The maximum atomic E-state index is 11.8. The second kappa shape index (κ2) is 4.53. The van der Waals surface area contributed by atoms with Gasteiger partial charge in [0.1, 0.15) is 5.75 Å². The third-order valence-corrected chi connectivity index (χ3v) is 2.05. The van der Waals surface area contributed by atoms with Crippen molar-refractivity contribution in [2.45, 2.75) is 19.3 Å². The van der Waals surface area contributed by atoms with Crippen molar-refractivity contribution in [2.24, 2.45) is 0 Å². The topological polar surface area (TPSA) is 21.3 Å². The van der Waals surface area contributed by atoms with E-state index in [9.17, 15) is 13.2 Å². The minimum absolute atomic E-state index is 0.102. The van der Waals surface area contributed by atoms with Gasteiger partial charge in [-0.05, 0) is 31.7 Å². The predicted molar refractivity (Wildman–Crippen MR) is 50.6 cm³/mol. The summed E-state index contributed by atoms with van der Waals surface area (Å²) in [5.74, 6) is -0.199. The molecule has 1 aromatic rings. The molecular formula is C10H12F3NO. The molecule has 2 nitrogen and oxygen atoms in total. The van der Waals surface area contributed by atoms with Gasteiger partial charge in [-0.15, -0.1) is 13.2 Å². The number of ether oxygens (including phenoxy) is 1. The minimum Gasteiger partial charge on any atom is -0.406 e. The normalized spacial score (nSPS) is 13.7. The predicted octanol–water partition coefficient (Wildman–Crippen LogP) is 2.87. The lowest BCUT2D eigenvalue weighted by molar-refractivity contribution is -0.274. The maximum absolute atomic E-state index is 11.8. The van der Waals surface area contributed by atoms with Gasteiger partial charge in [0.25, 0.3) is 0 Å². The van der Waals surface area contributed by atoms with E-state index in [-0.39, 0.29) is 11.8 Å². The number of halogens is 3. The van der Waals surface area contributed by atoms with E-state index in [0.29, 0.717) is 0 Å². The summed E-state index contributed by atoms with van der Waals surface area (Å²) in [7, 11) is 1.78. The van der Waals surface area contributed by atoms with Gasteiger partial charge < -0.3 is 10.1 Å². The first-order chi connectivity index (χ1) is 6.92. The van der Waals surface area contributed by atoms with Crippen LogP contribution in [0.25, 0.3) is 0 Å². The molecule has 0 saturated heterocycles. The van der Waals surface area contributed by atoms with Gasteiger partial charge in [-0.2, -0.15) is 0 Å². The SMILES string of the molecule is CN[C@H](C)c1ccc(OC(F)(F)F)cc1. The minimum atomic E-state index is -4.63. The van der Waals surface area contributed by atoms with Crippen molar-refractivity contribution in [3.05, 3.63) is 29.8 Å². The van der Waals surface area contributed by atoms with E-state index in [2.05, 4.69) is 10.1 Å². The van der Waals surface area contributed by atoms with E-state index >= 15 is 0 Å². The largest absolute Gasteiger partial charge is 0.573 e. The van der Waals surface area contributed by atoms with Crippen LogP contribution in [0.3, 0.4) is 0 Å². The molecule has 1 rings (SSSR count). The highest BCUT2D eigenvalue weighted by Gasteiger charge is 2.30. The van der Waals surface area contributed by atoms with Gasteiger partial charge in [-0.25, -0.2) is 0 Å². The Hall–Kier alpha value is -1.23.